The predicted molar refractivity (Wildman–Crippen MR) is 83.0 cm³/mol. The molecule has 0 bridgehead atoms. The maximum atomic E-state index is 12.8. The molecule has 1 amide bonds. The summed E-state index contributed by atoms with van der Waals surface area (Å²) >= 11 is 0. The van der Waals surface area contributed by atoms with E-state index >= 15 is 0 Å². The van der Waals surface area contributed by atoms with Gasteiger partial charge in [-0.1, -0.05) is 0 Å². The second-order valence-corrected chi connectivity index (χ2v) is 5.94. The van der Waals surface area contributed by atoms with Crippen LogP contribution in [0, 0.1) is 0 Å². The molecule has 2 aliphatic heterocycles. The molecule has 1 aromatic rings. The molecule has 0 radical (unpaired) electrons. The lowest BCUT2D eigenvalue weighted by atomic mass is 9.97. The zero-order chi connectivity index (χ0) is 16.2. The summed E-state index contributed by atoms with van der Waals surface area (Å²) in [4.78, 5) is 25.5. The van der Waals surface area contributed by atoms with Crippen molar-refractivity contribution in [1.29, 1.82) is 0 Å². The van der Waals surface area contributed by atoms with Gasteiger partial charge in [0.1, 0.15) is 13.2 Å². The Morgan fingerprint density at radius 2 is 1.96 bits per heavy atom. The number of nitrogens with zero attached hydrogens (tertiary/aromatic N) is 1. The fourth-order valence-corrected chi connectivity index (χ4v) is 3.20. The lowest BCUT2D eigenvalue weighted by Gasteiger charge is -2.36. The van der Waals surface area contributed by atoms with E-state index < -0.39 is 5.97 Å². The topological polar surface area (TPSA) is 76.1 Å². The van der Waals surface area contributed by atoms with E-state index in [9.17, 15) is 9.59 Å². The van der Waals surface area contributed by atoms with Crippen molar-refractivity contribution < 1.29 is 24.2 Å². The molecule has 2 heterocycles. The molecule has 6 nitrogen and oxygen atoms in total. The molecule has 0 spiro atoms. The third kappa shape index (κ3) is 3.57. The van der Waals surface area contributed by atoms with Crippen LogP contribution in [-0.2, 0) is 4.79 Å². The van der Waals surface area contributed by atoms with Gasteiger partial charge < -0.3 is 19.5 Å². The van der Waals surface area contributed by atoms with E-state index in [0.29, 0.717) is 43.2 Å². The van der Waals surface area contributed by atoms with Crippen LogP contribution in [0.4, 0.5) is 0 Å². The minimum absolute atomic E-state index is 0.000510. The number of likely N-dealkylation sites (tertiary alicyclic amines) is 1. The molecule has 1 saturated heterocycles. The van der Waals surface area contributed by atoms with Crippen molar-refractivity contribution in [2.45, 2.75) is 38.1 Å². The van der Waals surface area contributed by atoms with Crippen LogP contribution < -0.4 is 9.47 Å². The minimum Gasteiger partial charge on any atom is -0.486 e. The first-order chi connectivity index (χ1) is 11.1. The molecule has 23 heavy (non-hydrogen) atoms. The molecule has 1 fully saturated rings. The Morgan fingerprint density at radius 3 is 2.74 bits per heavy atom. The van der Waals surface area contributed by atoms with Crippen LogP contribution in [0.1, 0.15) is 42.5 Å². The molecule has 1 aromatic carbocycles. The molecule has 6 heteroatoms. The second kappa shape index (κ2) is 6.89. The van der Waals surface area contributed by atoms with Crippen LogP contribution in [0.25, 0.3) is 0 Å². The molecule has 0 aromatic heterocycles. The maximum Gasteiger partial charge on any atom is 0.303 e. The molecule has 3 rings (SSSR count). The first-order valence-corrected chi connectivity index (χ1v) is 8.07. The average Bonchev–Trinajstić information content (AvgIpc) is 2.59. The van der Waals surface area contributed by atoms with Gasteiger partial charge >= 0.3 is 5.97 Å². The SMILES string of the molecule is O=C(O)CC[C@H]1CCCCN1C(=O)c1ccc2c(c1)OCCO2. The van der Waals surface area contributed by atoms with Crippen LogP contribution in [0.2, 0.25) is 0 Å². The van der Waals surface area contributed by atoms with Crippen molar-refractivity contribution in [3.63, 3.8) is 0 Å². The number of ether oxygens (including phenoxy) is 2. The van der Waals surface area contributed by atoms with E-state index in [1.54, 1.807) is 18.2 Å². The zero-order valence-corrected chi connectivity index (χ0v) is 13.0. The van der Waals surface area contributed by atoms with Crippen LogP contribution in [0.3, 0.4) is 0 Å². The Morgan fingerprint density at radius 1 is 1.17 bits per heavy atom. The number of fused-ring (bicyclic) bond motifs is 1. The third-order valence-corrected chi connectivity index (χ3v) is 4.37. The summed E-state index contributed by atoms with van der Waals surface area (Å²) in [5.41, 5.74) is 0.566. The van der Waals surface area contributed by atoms with Crippen molar-refractivity contribution in [3.05, 3.63) is 23.8 Å². The fraction of sp³-hybridized carbons (Fsp3) is 0.529. The number of piperidine rings is 1. The van der Waals surface area contributed by atoms with E-state index in [4.69, 9.17) is 14.6 Å². The summed E-state index contributed by atoms with van der Waals surface area (Å²) in [6.45, 7) is 1.68. The van der Waals surface area contributed by atoms with Crippen molar-refractivity contribution in [2.24, 2.45) is 0 Å². The van der Waals surface area contributed by atoms with Gasteiger partial charge in [0.25, 0.3) is 5.91 Å². The van der Waals surface area contributed by atoms with Gasteiger partial charge in [0.05, 0.1) is 0 Å². The predicted octanol–water partition coefficient (Wildman–Crippen LogP) is 2.32. The Labute approximate surface area is 135 Å². The van der Waals surface area contributed by atoms with Crippen LogP contribution >= 0.6 is 0 Å². The first-order valence-electron chi connectivity index (χ1n) is 8.07. The summed E-state index contributed by atoms with van der Waals surface area (Å²) < 4.78 is 11.0. The number of hydrogen-bond acceptors (Lipinski definition) is 4. The Bertz CT molecular complexity index is 601. The number of carbonyl (C=O) groups is 2. The van der Waals surface area contributed by atoms with E-state index in [2.05, 4.69) is 0 Å². The molecule has 1 atom stereocenters. The Kier molecular flexibility index (Phi) is 4.69. The number of carbonyl (C=O) groups excluding carboxylic acids is 1. The smallest absolute Gasteiger partial charge is 0.303 e. The molecule has 0 aliphatic carbocycles. The molecule has 0 unspecified atom stereocenters. The van der Waals surface area contributed by atoms with Gasteiger partial charge in [-0.2, -0.15) is 0 Å². The second-order valence-electron chi connectivity index (χ2n) is 5.94. The Hall–Kier alpha value is -2.24. The number of rotatable bonds is 4. The molecule has 124 valence electrons. The number of amides is 1. The van der Waals surface area contributed by atoms with Gasteiger partial charge in [0.15, 0.2) is 11.5 Å². The monoisotopic (exact) mass is 319 g/mol. The molecular formula is C17H21NO5. The quantitative estimate of drug-likeness (QED) is 0.921. The largest absolute Gasteiger partial charge is 0.486 e. The van der Waals surface area contributed by atoms with Crippen LogP contribution in [-0.4, -0.2) is 47.7 Å². The molecular weight excluding hydrogens is 298 g/mol. The highest BCUT2D eigenvalue weighted by molar-refractivity contribution is 5.95. The van der Waals surface area contributed by atoms with Gasteiger partial charge in [0, 0.05) is 24.6 Å². The highest BCUT2D eigenvalue weighted by Crippen LogP contribution is 2.32. The molecule has 0 saturated carbocycles. The van der Waals surface area contributed by atoms with Gasteiger partial charge in [-0.25, -0.2) is 0 Å². The summed E-state index contributed by atoms with van der Waals surface area (Å²) in [7, 11) is 0. The van der Waals surface area contributed by atoms with Gasteiger partial charge in [-0.3, -0.25) is 9.59 Å². The van der Waals surface area contributed by atoms with E-state index in [1.165, 1.54) is 0 Å². The first kappa shape index (κ1) is 15.6. The van der Waals surface area contributed by atoms with Crippen molar-refractivity contribution in [2.75, 3.05) is 19.8 Å². The summed E-state index contributed by atoms with van der Waals surface area (Å²) in [6, 6.07) is 5.23. The van der Waals surface area contributed by atoms with E-state index in [0.717, 1.165) is 19.3 Å². The van der Waals surface area contributed by atoms with Crippen LogP contribution in [0.5, 0.6) is 11.5 Å². The summed E-state index contributed by atoms with van der Waals surface area (Å²) in [6.07, 6.45) is 3.46. The number of hydrogen-bond donors (Lipinski definition) is 1. The van der Waals surface area contributed by atoms with Gasteiger partial charge in [0.2, 0.25) is 0 Å². The minimum atomic E-state index is -0.817. The number of carboxylic acids is 1. The van der Waals surface area contributed by atoms with Gasteiger partial charge in [-0.05, 0) is 43.9 Å². The summed E-state index contributed by atoms with van der Waals surface area (Å²) in [5, 5.41) is 8.88. The lowest BCUT2D eigenvalue weighted by Crippen LogP contribution is -2.44. The average molecular weight is 319 g/mol. The normalized spacial score (nSPS) is 20.2. The lowest BCUT2D eigenvalue weighted by molar-refractivity contribution is -0.137. The maximum absolute atomic E-state index is 12.8. The van der Waals surface area contributed by atoms with Crippen LogP contribution in [0.15, 0.2) is 18.2 Å². The highest BCUT2D eigenvalue weighted by atomic mass is 16.6. The zero-order valence-electron chi connectivity index (χ0n) is 13.0. The van der Waals surface area contributed by atoms with E-state index in [1.807, 2.05) is 4.90 Å². The Balaban J connectivity index is 1.75. The van der Waals surface area contributed by atoms with Gasteiger partial charge in [-0.15, -0.1) is 0 Å². The molecule has 2 aliphatic rings. The van der Waals surface area contributed by atoms with Crippen molar-refractivity contribution in [3.8, 4) is 11.5 Å². The number of carboxylic acid groups (broad SMARTS) is 1. The standard InChI is InChI=1S/C17H21NO5/c19-16(20)7-5-13-3-1-2-8-18(13)17(21)12-4-6-14-15(11-12)23-10-9-22-14/h4,6,11,13H,1-3,5,7-10H2,(H,19,20)/t13-/m1/s1. The third-order valence-electron chi connectivity index (χ3n) is 4.37. The van der Waals surface area contributed by atoms with E-state index in [-0.39, 0.29) is 18.4 Å². The number of benzene rings is 1. The fourth-order valence-electron chi connectivity index (χ4n) is 3.20. The highest BCUT2D eigenvalue weighted by Gasteiger charge is 2.28. The van der Waals surface area contributed by atoms with Crippen molar-refractivity contribution in [1.82, 2.24) is 4.90 Å². The number of aliphatic carboxylic acids is 1. The van der Waals surface area contributed by atoms with Crippen molar-refractivity contribution >= 4 is 11.9 Å². The molecule has 1 N–H and O–H groups in total. The summed E-state index contributed by atoms with van der Waals surface area (Å²) in [5.74, 6) is 0.384.